The average molecular weight is 358 g/mol. The number of aromatic amines is 1. The molecule has 4 rings (SSSR count). The van der Waals surface area contributed by atoms with Crippen LogP contribution in [0.5, 0.6) is 0 Å². The highest BCUT2D eigenvalue weighted by Crippen LogP contribution is 2.30. The van der Waals surface area contributed by atoms with Gasteiger partial charge in [-0.25, -0.2) is 9.78 Å². The number of esters is 1. The minimum absolute atomic E-state index is 0.330. The Labute approximate surface area is 157 Å². The molecule has 134 valence electrons. The Morgan fingerprint density at radius 1 is 1.11 bits per heavy atom. The van der Waals surface area contributed by atoms with Crippen molar-refractivity contribution >= 4 is 33.3 Å². The molecule has 2 aromatic carbocycles. The molecule has 2 aromatic heterocycles. The van der Waals surface area contributed by atoms with Gasteiger partial charge >= 0.3 is 5.97 Å². The highest BCUT2D eigenvalue weighted by atomic mass is 16.5. The Hall–Kier alpha value is -3.47. The van der Waals surface area contributed by atoms with Crippen molar-refractivity contribution in [3.05, 3.63) is 78.2 Å². The van der Waals surface area contributed by atoms with Crippen LogP contribution in [0.2, 0.25) is 0 Å². The van der Waals surface area contributed by atoms with E-state index in [1.54, 1.807) is 19.3 Å². The lowest BCUT2D eigenvalue weighted by Crippen LogP contribution is -2.16. The summed E-state index contributed by atoms with van der Waals surface area (Å²) in [5.74, 6) is -0.350. The van der Waals surface area contributed by atoms with Crippen molar-refractivity contribution in [2.75, 3.05) is 11.9 Å². The Balaban J connectivity index is 1.86. The molecular weight excluding hydrogens is 338 g/mol. The zero-order chi connectivity index (χ0) is 18.6. The fraction of sp³-hybridized carbons (Fsp3) is 0.136. The summed E-state index contributed by atoms with van der Waals surface area (Å²) in [5, 5.41) is 6.61. The van der Waals surface area contributed by atoms with Crippen LogP contribution in [-0.4, -0.2) is 17.6 Å². The summed E-state index contributed by atoms with van der Waals surface area (Å²) in [6, 6.07) is 16.2. The number of carbonyl (C=O) groups excluding carboxylic acids is 1. The van der Waals surface area contributed by atoms with Crippen LogP contribution >= 0.6 is 0 Å². The topological polar surface area (TPSA) is 65.4 Å². The summed E-state index contributed by atoms with van der Waals surface area (Å²) in [4.78, 5) is 19.9. The molecule has 0 radical (unpaired) electrons. The van der Waals surface area contributed by atoms with E-state index in [-0.39, 0.29) is 5.97 Å². The Morgan fingerprint density at radius 3 is 2.81 bits per heavy atom. The lowest BCUT2D eigenvalue weighted by atomic mass is 10.0. The van der Waals surface area contributed by atoms with Gasteiger partial charge in [-0.1, -0.05) is 30.3 Å². The van der Waals surface area contributed by atoms with Gasteiger partial charge in [0.15, 0.2) is 6.20 Å². The number of hydrogen-bond donors (Lipinski definition) is 1. The van der Waals surface area contributed by atoms with Crippen LogP contribution in [0.25, 0.3) is 21.7 Å². The molecule has 0 saturated carbocycles. The first-order chi connectivity index (χ1) is 13.3. The summed E-state index contributed by atoms with van der Waals surface area (Å²) in [6.07, 6.45) is 5.27. The average Bonchev–Trinajstić information content (AvgIpc) is 2.72. The predicted molar refractivity (Wildman–Crippen MR) is 106 cm³/mol. The molecule has 0 saturated heterocycles. The van der Waals surface area contributed by atoms with Crippen molar-refractivity contribution in [1.29, 1.82) is 0 Å². The van der Waals surface area contributed by atoms with E-state index in [0.29, 0.717) is 18.7 Å². The molecule has 27 heavy (non-hydrogen) atoms. The van der Waals surface area contributed by atoms with Gasteiger partial charge in [-0.3, -0.25) is 4.98 Å². The minimum Gasteiger partial charge on any atom is -0.462 e. The quantitative estimate of drug-likeness (QED) is 0.433. The lowest BCUT2D eigenvalue weighted by Gasteiger charge is -2.12. The first kappa shape index (κ1) is 17.0. The molecule has 2 heterocycles. The molecule has 0 spiro atoms. The lowest BCUT2D eigenvalue weighted by molar-refractivity contribution is -0.343. The number of nitrogens with zero attached hydrogens (tertiary/aromatic N) is 1. The SMILES string of the molecule is CCOC(=O)c1c[nH+]c2c(ccc3ccccc32)c1NCc1cccnc1. The molecule has 0 bridgehead atoms. The maximum atomic E-state index is 12.5. The fourth-order valence-corrected chi connectivity index (χ4v) is 3.25. The number of aromatic nitrogens is 2. The highest BCUT2D eigenvalue weighted by molar-refractivity contribution is 6.11. The number of pyridine rings is 2. The van der Waals surface area contributed by atoms with Crippen molar-refractivity contribution in [1.82, 2.24) is 4.98 Å². The third-order valence-electron chi connectivity index (χ3n) is 4.52. The van der Waals surface area contributed by atoms with Crippen LogP contribution in [-0.2, 0) is 11.3 Å². The number of hydrogen-bond acceptors (Lipinski definition) is 4. The van der Waals surface area contributed by atoms with Gasteiger partial charge in [0.2, 0.25) is 5.52 Å². The van der Waals surface area contributed by atoms with Gasteiger partial charge in [-0.2, -0.15) is 0 Å². The van der Waals surface area contributed by atoms with Crippen molar-refractivity contribution in [2.24, 2.45) is 0 Å². The summed E-state index contributed by atoms with van der Waals surface area (Å²) in [5.41, 5.74) is 3.27. The first-order valence-electron chi connectivity index (χ1n) is 8.94. The number of benzene rings is 2. The second kappa shape index (κ2) is 7.41. The maximum Gasteiger partial charge on any atom is 0.346 e. The zero-order valence-electron chi connectivity index (χ0n) is 15.0. The Bertz CT molecular complexity index is 1110. The van der Waals surface area contributed by atoms with Gasteiger partial charge in [0.25, 0.3) is 0 Å². The largest absolute Gasteiger partial charge is 0.462 e. The first-order valence-corrected chi connectivity index (χ1v) is 8.94. The Morgan fingerprint density at radius 2 is 2.00 bits per heavy atom. The van der Waals surface area contributed by atoms with Crippen LogP contribution < -0.4 is 10.3 Å². The van der Waals surface area contributed by atoms with Gasteiger partial charge in [0.1, 0.15) is 5.56 Å². The number of carbonyl (C=O) groups is 1. The smallest absolute Gasteiger partial charge is 0.346 e. The van der Waals surface area contributed by atoms with Crippen molar-refractivity contribution in [3.8, 4) is 0 Å². The van der Waals surface area contributed by atoms with E-state index >= 15 is 0 Å². The molecule has 5 heteroatoms. The standard InChI is InChI=1S/C22H19N3O2/c1-2-27-22(26)19-14-25-20-17-8-4-3-7-16(17)9-10-18(20)21(19)24-13-15-6-5-11-23-12-15/h3-12,14H,2,13H2,1H3,(H,24,25)/p+1. The van der Waals surface area contributed by atoms with Gasteiger partial charge in [0, 0.05) is 18.9 Å². The second-order valence-corrected chi connectivity index (χ2v) is 6.22. The third kappa shape index (κ3) is 3.31. The van der Waals surface area contributed by atoms with Gasteiger partial charge in [-0.05, 0) is 36.1 Å². The van der Waals surface area contributed by atoms with Crippen molar-refractivity contribution in [3.63, 3.8) is 0 Å². The van der Waals surface area contributed by atoms with Crippen molar-refractivity contribution in [2.45, 2.75) is 13.5 Å². The molecular formula is C22H20N3O2+. The molecule has 0 amide bonds. The van der Waals surface area contributed by atoms with E-state index in [9.17, 15) is 4.79 Å². The monoisotopic (exact) mass is 358 g/mol. The van der Waals surface area contributed by atoms with Crippen LogP contribution in [0.1, 0.15) is 22.8 Å². The zero-order valence-corrected chi connectivity index (χ0v) is 15.0. The number of rotatable bonds is 5. The number of fused-ring (bicyclic) bond motifs is 3. The van der Waals surface area contributed by atoms with E-state index in [2.05, 4.69) is 33.5 Å². The number of anilines is 1. The summed E-state index contributed by atoms with van der Waals surface area (Å²) < 4.78 is 5.25. The molecule has 0 unspecified atom stereocenters. The van der Waals surface area contributed by atoms with E-state index in [0.717, 1.165) is 32.9 Å². The molecule has 4 aromatic rings. The highest BCUT2D eigenvalue weighted by Gasteiger charge is 2.21. The van der Waals surface area contributed by atoms with E-state index < -0.39 is 0 Å². The predicted octanol–water partition coefficient (Wildman–Crippen LogP) is 3.99. The number of H-pyrrole nitrogens is 1. The Kier molecular flexibility index (Phi) is 4.66. The van der Waals surface area contributed by atoms with E-state index in [1.807, 2.05) is 36.5 Å². The third-order valence-corrected chi connectivity index (χ3v) is 4.52. The normalized spacial score (nSPS) is 10.9. The molecule has 0 aliphatic rings. The molecule has 5 nitrogen and oxygen atoms in total. The fourth-order valence-electron chi connectivity index (χ4n) is 3.25. The van der Waals surface area contributed by atoms with Gasteiger partial charge in [-0.15, -0.1) is 0 Å². The van der Waals surface area contributed by atoms with Crippen LogP contribution in [0, 0.1) is 0 Å². The van der Waals surface area contributed by atoms with Crippen LogP contribution in [0.15, 0.2) is 67.1 Å². The van der Waals surface area contributed by atoms with Crippen molar-refractivity contribution < 1.29 is 14.5 Å². The van der Waals surface area contributed by atoms with Gasteiger partial charge < -0.3 is 10.1 Å². The summed E-state index contributed by atoms with van der Waals surface area (Å²) >= 11 is 0. The minimum atomic E-state index is -0.350. The van der Waals surface area contributed by atoms with Crippen LogP contribution in [0.4, 0.5) is 5.69 Å². The van der Waals surface area contributed by atoms with E-state index in [4.69, 9.17) is 4.74 Å². The number of ether oxygens (including phenoxy) is 1. The molecule has 2 N–H and O–H groups in total. The maximum absolute atomic E-state index is 12.5. The molecule has 0 fully saturated rings. The molecule has 0 aliphatic heterocycles. The van der Waals surface area contributed by atoms with Crippen LogP contribution in [0.3, 0.4) is 0 Å². The molecule has 0 atom stereocenters. The molecule has 0 aliphatic carbocycles. The number of nitrogens with one attached hydrogen (secondary N) is 2. The second-order valence-electron chi connectivity index (χ2n) is 6.22. The summed E-state index contributed by atoms with van der Waals surface area (Å²) in [7, 11) is 0. The van der Waals surface area contributed by atoms with E-state index in [1.165, 1.54) is 0 Å². The van der Waals surface area contributed by atoms with Gasteiger partial charge in [0.05, 0.1) is 23.1 Å². The summed E-state index contributed by atoms with van der Waals surface area (Å²) in [6.45, 7) is 2.70.